The van der Waals surface area contributed by atoms with Crippen LogP contribution in [0, 0.1) is 5.41 Å². The Bertz CT molecular complexity index is 416. The third kappa shape index (κ3) is 1.67. The minimum Gasteiger partial charge on any atom is -0.293 e. The number of aryl methyl sites for hydroxylation is 1. The highest BCUT2D eigenvalue weighted by molar-refractivity contribution is 6.29. The van der Waals surface area contributed by atoms with Crippen molar-refractivity contribution in [3.8, 4) is 0 Å². The zero-order valence-electron chi connectivity index (χ0n) is 9.01. The number of carbonyl (C=O) groups is 1. The molecule has 2 rings (SSSR count). The van der Waals surface area contributed by atoms with Gasteiger partial charge in [-0.2, -0.15) is 0 Å². The Hall–Kier alpha value is -0.890. The number of nitrogens with zero attached hydrogens (tertiary/aromatic N) is 1. The van der Waals surface area contributed by atoms with Crippen LogP contribution in [-0.4, -0.2) is 10.8 Å². The van der Waals surface area contributed by atoms with Crippen LogP contribution in [0.4, 0.5) is 0 Å². The number of pyridine rings is 1. The van der Waals surface area contributed by atoms with Crippen LogP contribution in [-0.2, 0) is 6.42 Å². The third-order valence-corrected chi connectivity index (χ3v) is 3.64. The van der Waals surface area contributed by atoms with Crippen LogP contribution < -0.4 is 0 Å². The average Bonchev–Trinajstić information content (AvgIpc) is 2.24. The second-order valence-electron chi connectivity index (χ2n) is 4.37. The molecule has 15 heavy (non-hydrogen) atoms. The van der Waals surface area contributed by atoms with E-state index in [9.17, 15) is 4.79 Å². The molecule has 0 radical (unpaired) electrons. The largest absolute Gasteiger partial charge is 0.293 e. The van der Waals surface area contributed by atoms with Crippen LogP contribution in [0.3, 0.4) is 0 Å². The van der Waals surface area contributed by atoms with Crippen molar-refractivity contribution in [2.75, 3.05) is 0 Å². The van der Waals surface area contributed by atoms with E-state index in [1.54, 1.807) is 12.1 Å². The van der Waals surface area contributed by atoms with Gasteiger partial charge in [-0.05, 0) is 31.4 Å². The number of aromatic nitrogens is 1. The van der Waals surface area contributed by atoms with Gasteiger partial charge in [0.15, 0.2) is 5.78 Å². The molecule has 1 unspecified atom stereocenters. The van der Waals surface area contributed by atoms with Gasteiger partial charge in [0.2, 0.25) is 0 Å². The maximum Gasteiger partial charge on any atom is 0.170 e. The lowest BCUT2D eigenvalue weighted by Crippen LogP contribution is -2.33. The molecule has 1 aliphatic carbocycles. The summed E-state index contributed by atoms with van der Waals surface area (Å²) >= 11 is 5.81. The molecule has 80 valence electrons. The summed E-state index contributed by atoms with van der Waals surface area (Å²) in [5.74, 6) is 0.218. The molecule has 0 saturated carbocycles. The van der Waals surface area contributed by atoms with E-state index in [1.807, 2.05) is 6.92 Å². The number of Topliss-reactive ketones (excluding diaryl/α,β-unsaturated/α-hetero) is 1. The smallest absolute Gasteiger partial charge is 0.170 e. The Balaban J connectivity index is 2.47. The van der Waals surface area contributed by atoms with Gasteiger partial charge in [-0.25, -0.2) is 4.98 Å². The van der Waals surface area contributed by atoms with Crippen molar-refractivity contribution >= 4 is 17.4 Å². The molecule has 0 aromatic carbocycles. The van der Waals surface area contributed by atoms with Crippen LogP contribution in [0.15, 0.2) is 12.1 Å². The summed E-state index contributed by atoms with van der Waals surface area (Å²) in [7, 11) is 0. The summed E-state index contributed by atoms with van der Waals surface area (Å²) in [6.45, 7) is 4.10. The van der Waals surface area contributed by atoms with Gasteiger partial charge in [0.05, 0.1) is 5.69 Å². The maximum absolute atomic E-state index is 12.2. The quantitative estimate of drug-likeness (QED) is 0.684. The van der Waals surface area contributed by atoms with Crippen LogP contribution in [0.2, 0.25) is 5.15 Å². The van der Waals surface area contributed by atoms with Crippen molar-refractivity contribution in [1.29, 1.82) is 0 Å². The minimum absolute atomic E-state index is 0.206. The van der Waals surface area contributed by atoms with E-state index in [0.29, 0.717) is 5.15 Å². The van der Waals surface area contributed by atoms with Crippen LogP contribution >= 0.6 is 11.6 Å². The van der Waals surface area contributed by atoms with E-state index in [4.69, 9.17) is 11.6 Å². The molecular weight excluding hydrogens is 210 g/mol. The summed E-state index contributed by atoms with van der Waals surface area (Å²) in [4.78, 5) is 16.4. The van der Waals surface area contributed by atoms with Crippen molar-refractivity contribution in [1.82, 2.24) is 4.98 Å². The Morgan fingerprint density at radius 1 is 1.53 bits per heavy atom. The Labute approximate surface area is 94.7 Å². The molecule has 0 aliphatic heterocycles. The standard InChI is InChI=1S/C12H14ClNO/c1-3-12(2)7-6-9-8(11(12)15)4-5-10(13)14-9/h4-5H,3,6-7H2,1-2H3. The zero-order valence-corrected chi connectivity index (χ0v) is 9.77. The lowest BCUT2D eigenvalue weighted by molar-refractivity contribution is 0.0776. The van der Waals surface area contributed by atoms with Crippen molar-refractivity contribution in [3.63, 3.8) is 0 Å². The lowest BCUT2D eigenvalue weighted by Gasteiger charge is -2.31. The van der Waals surface area contributed by atoms with E-state index < -0.39 is 0 Å². The Morgan fingerprint density at radius 3 is 2.93 bits per heavy atom. The molecule has 0 bridgehead atoms. The summed E-state index contributed by atoms with van der Waals surface area (Å²) in [6.07, 6.45) is 2.61. The number of rotatable bonds is 1. The fourth-order valence-electron chi connectivity index (χ4n) is 2.04. The average molecular weight is 224 g/mol. The molecule has 3 heteroatoms. The molecule has 2 nitrogen and oxygen atoms in total. The van der Waals surface area contributed by atoms with Gasteiger partial charge < -0.3 is 0 Å². The molecule has 0 fully saturated rings. The first kappa shape index (κ1) is 10.6. The third-order valence-electron chi connectivity index (χ3n) is 3.43. The van der Waals surface area contributed by atoms with Crippen molar-refractivity contribution < 1.29 is 4.79 Å². The van der Waals surface area contributed by atoms with E-state index in [1.165, 1.54) is 0 Å². The summed E-state index contributed by atoms with van der Waals surface area (Å²) in [5, 5.41) is 0.474. The van der Waals surface area contributed by atoms with Crippen molar-refractivity contribution in [2.45, 2.75) is 33.1 Å². The fraction of sp³-hybridized carbons (Fsp3) is 0.500. The van der Waals surface area contributed by atoms with Gasteiger partial charge in [0.25, 0.3) is 0 Å². The molecule has 1 aromatic rings. The minimum atomic E-state index is -0.206. The molecular formula is C12H14ClNO. The molecule has 1 atom stereocenters. The SMILES string of the molecule is CCC1(C)CCc2nc(Cl)ccc2C1=O. The number of ketones is 1. The van der Waals surface area contributed by atoms with Gasteiger partial charge in [-0.3, -0.25) is 4.79 Å². The molecule has 0 spiro atoms. The van der Waals surface area contributed by atoms with Crippen LogP contribution in [0.5, 0.6) is 0 Å². The highest BCUT2D eigenvalue weighted by Gasteiger charge is 2.37. The molecule has 0 amide bonds. The first-order chi connectivity index (χ1) is 7.07. The van der Waals surface area contributed by atoms with Crippen LogP contribution in [0.25, 0.3) is 0 Å². The molecule has 0 N–H and O–H groups in total. The first-order valence-corrected chi connectivity index (χ1v) is 5.65. The topological polar surface area (TPSA) is 30.0 Å². The maximum atomic E-state index is 12.2. The second-order valence-corrected chi connectivity index (χ2v) is 4.76. The fourth-order valence-corrected chi connectivity index (χ4v) is 2.21. The molecule has 0 saturated heterocycles. The summed E-state index contributed by atoms with van der Waals surface area (Å²) in [6, 6.07) is 3.50. The summed E-state index contributed by atoms with van der Waals surface area (Å²) in [5.41, 5.74) is 1.41. The van der Waals surface area contributed by atoms with Gasteiger partial charge in [-0.15, -0.1) is 0 Å². The Morgan fingerprint density at radius 2 is 2.27 bits per heavy atom. The van der Waals surface area contributed by atoms with Gasteiger partial charge in [0, 0.05) is 11.0 Å². The first-order valence-electron chi connectivity index (χ1n) is 5.27. The van der Waals surface area contributed by atoms with E-state index in [2.05, 4.69) is 11.9 Å². The highest BCUT2D eigenvalue weighted by Crippen LogP contribution is 2.37. The normalized spacial score (nSPS) is 25.1. The van der Waals surface area contributed by atoms with Gasteiger partial charge in [-0.1, -0.05) is 25.4 Å². The number of carbonyl (C=O) groups excluding carboxylic acids is 1. The lowest BCUT2D eigenvalue weighted by atomic mass is 9.71. The monoisotopic (exact) mass is 223 g/mol. The van der Waals surface area contributed by atoms with E-state index >= 15 is 0 Å². The number of halogens is 1. The number of hydrogen-bond acceptors (Lipinski definition) is 2. The van der Waals surface area contributed by atoms with Gasteiger partial charge >= 0.3 is 0 Å². The molecule has 1 aromatic heterocycles. The van der Waals surface area contributed by atoms with Crippen molar-refractivity contribution in [2.24, 2.45) is 5.41 Å². The van der Waals surface area contributed by atoms with Crippen molar-refractivity contribution in [3.05, 3.63) is 28.5 Å². The van der Waals surface area contributed by atoms with Crippen LogP contribution in [0.1, 0.15) is 42.7 Å². The predicted octanol–water partition coefficient (Wildman–Crippen LogP) is 3.28. The predicted molar refractivity (Wildman–Crippen MR) is 60.3 cm³/mol. The highest BCUT2D eigenvalue weighted by atomic mass is 35.5. The van der Waals surface area contributed by atoms with E-state index in [-0.39, 0.29) is 11.2 Å². The molecule has 1 heterocycles. The summed E-state index contributed by atoms with van der Waals surface area (Å²) < 4.78 is 0. The molecule has 1 aliphatic rings. The van der Waals surface area contributed by atoms with E-state index in [0.717, 1.165) is 30.5 Å². The zero-order chi connectivity index (χ0) is 11.1. The second kappa shape index (κ2) is 3.60. The number of hydrogen-bond donors (Lipinski definition) is 0. The van der Waals surface area contributed by atoms with Gasteiger partial charge in [0.1, 0.15) is 5.15 Å². The number of fused-ring (bicyclic) bond motifs is 1. The Kier molecular flexibility index (Phi) is 2.55.